The molecule has 0 N–H and O–H groups in total. The van der Waals surface area contributed by atoms with Crippen molar-refractivity contribution in [3.63, 3.8) is 0 Å². The molecule has 0 aliphatic rings. The first-order chi connectivity index (χ1) is 12.2. The number of nitro benzene ring substituents is 1. The standard InChI is InChI=1S/C16H9BrF7NO2/c1-8-6-11(14(18,15(19,20)21)16(22,23)24)13(12(17)7-8)9-2-4-10(5-3-9)25(26)27/h2-7H,1H3. The van der Waals surface area contributed by atoms with Crippen molar-refractivity contribution in [3.05, 3.63) is 62.1 Å². The molecule has 0 aromatic heterocycles. The monoisotopic (exact) mass is 459 g/mol. The molecule has 0 amide bonds. The molecule has 3 nitrogen and oxygen atoms in total. The predicted octanol–water partition coefficient (Wildman–Crippen LogP) is 6.62. The van der Waals surface area contributed by atoms with Gasteiger partial charge < -0.3 is 0 Å². The first-order valence-electron chi connectivity index (χ1n) is 7.08. The number of alkyl halides is 7. The van der Waals surface area contributed by atoms with Gasteiger partial charge in [-0.15, -0.1) is 0 Å². The molecule has 2 aromatic rings. The lowest BCUT2D eigenvalue weighted by Crippen LogP contribution is -2.50. The van der Waals surface area contributed by atoms with Gasteiger partial charge in [0.2, 0.25) is 0 Å². The molecule has 0 saturated heterocycles. The van der Waals surface area contributed by atoms with Gasteiger partial charge in [0.25, 0.3) is 5.69 Å². The third-order valence-corrected chi connectivity index (χ3v) is 4.38. The highest BCUT2D eigenvalue weighted by molar-refractivity contribution is 9.10. The number of halogens is 8. The molecule has 0 aliphatic heterocycles. The van der Waals surface area contributed by atoms with Crippen molar-refractivity contribution in [1.82, 2.24) is 0 Å². The number of rotatable bonds is 3. The maximum atomic E-state index is 14.7. The second-order valence-electron chi connectivity index (χ2n) is 5.63. The number of non-ortho nitro benzene ring substituents is 1. The lowest BCUT2D eigenvalue weighted by Gasteiger charge is -2.32. The zero-order valence-corrected chi connectivity index (χ0v) is 14.8. The van der Waals surface area contributed by atoms with E-state index in [4.69, 9.17) is 0 Å². The van der Waals surface area contributed by atoms with E-state index in [2.05, 4.69) is 15.9 Å². The molecule has 146 valence electrons. The summed E-state index contributed by atoms with van der Waals surface area (Å²) in [5.74, 6) is 0. The maximum absolute atomic E-state index is 14.7. The Morgan fingerprint density at radius 3 is 1.81 bits per heavy atom. The normalized spacial score (nSPS) is 12.9. The highest BCUT2D eigenvalue weighted by Crippen LogP contribution is 2.56. The summed E-state index contributed by atoms with van der Waals surface area (Å²) in [6, 6.07) is 5.36. The van der Waals surface area contributed by atoms with E-state index in [0.29, 0.717) is 6.07 Å². The molecule has 0 bridgehead atoms. The van der Waals surface area contributed by atoms with Gasteiger partial charge in [0.15, 0.2) is 0 Å². The van der Waals surface area contributed by atoms with E-state index in [1.807, 2.05) is 0 Å². The summed E-state index contributed by atoms with van der Waals surface area (Å²) in [5.41, 5.74) is -8.71. The summed E-state index contributed by atoms with van der Waals surface area (Å²) in [6.45, 7) is 1.21. The van der Waals surface area contributed by atoms with Gasteiger partial charge in [-0.1, -0.05) is 22.0 Å². The van der Waals surface area contributed by atoms with Gasteiger partial charge >= 0.3 is 18.0 Å². The maximum Gasteiger partial charge on any atom is 0.435 e. The lowest BCUT2D eigenvalue weighted by atomic mass is 9.86. The second-order valence-corrected chi connectivity index (χ2v) is 6.48. The van der Waals surface area contributed by atoms with Crippen LogP contribution in [0.1, 0.15) is 11.1 Å². The fourth-order valence-electron chi connectivity index (χ4n) is 2.52. The first kappa shape index (κ1) is 21.1. The fourth-order valence-corrected chi connectivity index (χ4v) is 3.33. The highest BCUT2D eigenvalue weighted by atomic mass is 79.9. The molecule has 0 heterocycles. The van der Waals surface area contributed by atoms with E-state index in [1.54, 1.807) is 0 Å². The zero-order chi connectivity index (χ0) is 20.8. The average Bonchev–Trinajstić information content (AvgIpc) is 2.51. The zero-order valence-electron chi connectivity index (χ0n) is 13.3. The summed E-state index contributed by atoms with van der Waals surface area (Å²) in [5, 5.41) is 10.7. The summed E-state index contributed by atoms with van der Waals surface area (Å²) in [7, 11) is 0. The Labute approximate surface area is 156 Å². The summed E-state index contributed by atoms with van der Waals surface area (Å²) >= 11 is 2.87. The minimum Gasteiger partial charge on any atom is -0.258 e. The van der Waals surface area contributed by atoms with E-state index in [1.165, 1.54) is 13.0 Å². The quantitative estimate of drug-likeness (QED) is 0.294. The van der Waals surface area contributed by atoms with Gasteiger partial charge in [-0.2, -0.15) is 26.3 Å². The number of hydrogen-bond acceptors (Lipinski definition) is 2. The predicted molar refractivity (Wildman–Crippen MR) is 85.9 cm³/mol. The topological polar surface area (TPSA) is 43.1 Å². The van der Waals surface area contributed by atoms with Crippen LogP contribution in [0.5, 0.6) is 0 Å². The van der Waals surface area contributed by atoms with Crippen LogP contribution in [-0.2, 0) is 5.67 Å². The van der Waals surface area contributed by atoms with E-state index in [9.17, 15) is 40.8 Å². The molecule has 2 rings (SSSR count). The van der Waals surface area contributed by atoms with Crippen LogP contribution < -0.4 is 0 Å². The minimum absolute atomic E-state index is 0.0435. The van der Waals surface area contributed by atoms with E-state index < -0.39 is 39.8 Å². The summed E-state index contributed by atoms with van der Waals surface area (Å²) in [6.07, 6.45) is -12.6. The van der Waals surface area contributed by atoms with Crippen molar-refractivity contribution in [1.29, 1.82) is 0 Å². The van der Waals surface area contributed by atoms with Crippen LogP contribution in [0.2, 0.25) is 0 Å². The molecule has 2 aromatic carbocycles. The van der Waals surface area contributed by atoms with Crippen molar-refractivity contribution in [2.75, 3.05) is 0 Å². The molecule has 0 unspecified atom stereocenters. The number of nitrogens with zero attached hydrogens (tertiary/aromatic N) is 1. The van der Waals surface area contributed by atoms with E-state index in [0.717, 1.165) is 24.3 Å². The Balaban J connectivity index is 2.87. The van der Waals surface area contributed by atoms with Crippen LogP contribution in [0.4, 0.5) is 36.4 Å². The number of aryl methyl sites for hydroxylation is 1. The van der Waals surface area contributed by atoms with Crippen molar-refractivity contribution < 1.29 is 35.7 Å². The van der Waals surface area contributed by atoms with Crippen LogP contribution in [0, 0.1) is 17.0 Å². The summed E-state index contributed by atoms with van der Waals surface area (Å²) in [4.78, 5) is 9.90. The van der Waals surface area contributed by atoms with Gasteiger partial charge in [0.1, 0.15) is 0 Å². The molecule has 0 radical (unpaired) electrons. The smallest absolute Gasteiger partial charge is 0.258 e. The second kappa shape index (κ2) is 6.77. The Morgan fingerprint density at radius 2 is 1.41 bits per heavy atom. The molecule has 0 aliphatic carbocycles. The molecule has 0 fully saturated rings. The third kappa shape index (κ3) is 3.64. The van der Waals surface area contributed by atoms with Gasteiger partial charge in [-0.25, -0.2) is 4.39 Å². The van der Waals surface area contributed by atoms with Crippen LogP contribution in [-0.4, -0.2) is 17.3 Å². The molecule has 11 heteroatoms. The Bertz CT molecular complexity index is 862. The van der Waals surface area contributed by atoms with Crippen LogP contribution in [0.15, 0.2) is 40.9 Å². The molecular weight excluding hydrogens is 451 g/mol. The lowest BCUT2D eigenvalue weighted by molar-refractivity contribution is -0.384. The number of hydrogen-bond donors (Lipinski definition) is 0. The molecule has 0 saturated carbocycles. The third-order valence-electron chi connectivity index (χ3n) is 3.75. The Morgan fingerprint density at radius 1 is 0.926 bits per heavy atom. The Kier molecular flexibility index (Phi) is 5.30. The van der Waals surface area contributed by atoms with Crippen molar-refractivity contribution in [2.24, 2.45) is 0 Å². The highest BCUT2D eigenvalue weighted by Gasteiger charge is 2.74. The van der Waals surface area contributed by atoms with Gasteiger partial charge in [0, 0.05) is 27.7 Å². The number of benzene rings is 2. The van der Waals surface area contributed by atoms with Crippen molar-refractivity contribution in [3.8, 4) is 11.1 Å². The SMILES string of the molecule is Cc1cc(Br)c(-c2ccc([N+](=O)[O-])cc2)c(C(F)(C(F)(F)F)C(F)(F)F)c1. The van der Waals surface area contributed by atoms with Gasteiger partial charge in [0.05, 0.1) is 4.92 Å². The van der Waals surface area contributed by atoms with Crippen LogP contribution >= 0.6 is 15.9 Å². The van der Waals surface area contributed by atoms with Crippen molar-refractivity contribution >= 4 is 21.6 Å². The van der Waals surface area contributed by atoms with E-state index in [-0.39, 0.29) is 15.6 Å². The molecule has 0 spiro atoms. The summed E-state index contributed by atoms with van der Waals surface area (Å²) < 4.78 is 93.7. The molecule has 27 heavy (non-hydrogen) atoms. The molecular formula is C16H9BrF7NO2. The first-order valence-corrected chi connectivity index (χ1v) is 7.87. The van der Waals surface area contributed by atoms with Crippen LogP contribution in [0.25, 0.3) is 11.1 Å². The largest absolute Gasteiger partial charge is 0.435 e. The Hall–Kier alpha value is -2.17. The average molecular weight is 460 g/mol. The molecule has 0 atom stereocenters. The number of nitro groups is 1. The van der Waals surface area contributed by atoms with E-state index >= 15 is 0 Å². The van der Waals surface area contributed by atoms with Crippen LogP contribution in [0.3, 0.4) is 0 Å². The fraction of sp³-hybridized carbons (Fsp3) is 0.250. The van der Waals surface area contributed by atoms with Gasteiger partial charge in [-0.05, 0) is 36.2 Å². The van der Waals surface area contributed by atoms with Gasteiger partial charge in [-0.3, -0.25) is 10.1 Å². The van der Waals surface area contributed by atoms with Crippen molar-refractivity contribution in [2.45, 2.75) is 24.9 Å². The minimum atomic E-state index is -6.28.